The number of benzene rings is 1. The topological polar surface area (TPSA) is 84.9 Å². The number of piperazine rings is 1. The molecule has 1 aliphatic heterocycles. The van der Waals surface area contributed by atoms with Crippen molar-refractivity contribution < 1.29 is 23.9 Å². The Bertz CT molecular complexity index is 644. The van der Waals surface area contributed by atoms with Crippen molar-refractivity contribution in [2.24, 2.45) is 0 Å². The molecule has 2 amide bonds. The minimum atomic E-state index is -0.851. The van der Waals surface area contributed by atoms with E-state index in [1.54, 1.807) is 24.3 Å². The molecule has 1 atom stereocenters. The fourth-order valence-corrected chi connectivity index (χ4v) is 2.79. The van der Waals surface area contributed by atoms with Crippen molar-refractivity contribution in [3.05, 3.63) is 29.8 Å². The lowest BCUT2D eigenvalue weighted by molar-refractivity contribution is -0.147. The first-order valence-corrected chi connectivity index (χ1v) is 9.54. The molecule has 7 nitrogen and oxygen atoms in total. The molecule has 1 aliphatic rings. The van der Waals surface area contributed by atoms with Gasteiger partial charge in [0.15, 0.2) is 0 Å². The standard InChI is InChI=1S/C20H28N2O5/c1-3-5-13-27-18(23)14-17-19(24)21-10-11-22(17)20(25)15-6-8-16(9-7-15)26-12-4-2/h6-9,17H,3-5,10-14H2,1-2H3,(H,21,24). The first-order chi connectivity index (χ1) is 13.1. The van der Waals surface area contributed by atoms with Crippen LogP contribution in [0.3, 0.4) is 0 Å². The van der Waals surface area contributed by atoms with Gasteiger partial charge in [-0.25, -0.2) is 0 Å². The van der Waals surface area contributed by atoms with Crippen LogP contribution in [0.2, 0.25) is 0 Å². The minimum absolute atomic E-state index is 0.140. The molecule has 0 spiro atoms. The fourth-order valence-electron chi connectivity index (χ4n) is 2.79. The summed E-state index contributed by atoms with van der Waals surface area (Å²) in [6.45, 7) is 5.68. The zero-order chi connectivity index (χ0) is 19.6. The summed E-state index contributed by atoms with van der Waals surface area (Å²) in [5.74, 6) is -0.379. The predicted octanol–water partition coefficient (Wildman–Crippen LogP) is 2.15. The number of carbonyl (C=O) groups is 3. The molecule has 0 aromatic heterocycles. The SMILES string of the molecule is CCCCOC(=O)CC1C(=O)NCCN1C(=O)c1ccc(OCCC)cc1. The molecule has 2 rings (SSSR count). The summed E-state index contributed by atoms with van der Waals surface area (Å²) in [5.41, 5.74) is 0.456. The van der Waals surface area contributed by atoms with Gasteiger partial charge in [0.05, 0.1) is 19.6 Å². The molecule has 0 bridgehead atoms. The summed E-state index contributed by atoms with van der Waals surface area (Å²) in [6.07, 6.45) is 2.45. The van der Waals surface area contributed by atoms with Crippen LogP contribution in [0.25, 0.3) is 0 Å². The molecule has 1 aromatic carbocycles. The number of hydrogen-bond acceptors (Lipinski definition) is 5. The molecule has 1 aromatic rings. The van der Waals surface area contributed by atoms with E-state index in [1.165, 1.54) is 4.90 Å². The van der Waals surface area contributed by atoms with Gasteiger partial charge in [-0.1, -0.05) is 20.3 Å². The molecule has 1 heterocycles. The van der Waals surface area contributed by atoms with Crippen molar-refractivity contribution in [1.29, 1.82) is 0 Å². The number of hydrogen-bond donors (Lipinski definition) is 1. The Hall–Kier alpha value is -2.57. The largest absolute Gasteiger partial charge is 0.494 e. The lowest BCUT2D eigenvalue weighted by Crippen LogP contribution is -2.57. The Labute approximate surface area is 160 Å². The van der Waals surface area contributed by atoms with E-state index in [4.69, 9.17) is 9.47 Å². The highest BCUT2D eigenvalue weighted by Gasteiger charge is 2.35. The lowest BCUT2D eigenvalue weighted by atomic mass is 10.1. The van der Waals surface area contributed by atoms with E-state index < -0.39 is 12.0 Å². The van der Waals surface area contributed by atoms with Gasteiger partial charge in [0.1, 0.15) is 11.8 Å². The van der Waals surface area contributed by atoms with Crippen LogP contribution in [0.4, 0.5) is 0 Å². The quantitative estimate of drug-likeness (QED) is 0.527. The first-order valence-electron chi connectivity index (χ1n) is 9.54. The third-order valence-electron chi connectivity index (χ3n) is 4.29. The van der Waals surface area contributed by atoms with E-state index in [0.717, 1.165) is 19.3 Å². The Morgan fingerprint density at radius 2 is 1.89 bits per heavy atom. The van der Waals surface area contributed by atoms with Gasteiger partial charge in [0.2, 0.25) is 5.91 Å². The number of amides is 2. The van der Waals surface area contributed by atoms with E-state index in [1.807, 2.05) is 13.8 Å². The first kappa shape index (κ1) is 20.7. The van der Waals surface area contributed by atoms with E-state index in [2.05, 4.69) is 5.32 Å². The second kappa shape index (κ2) is 10.5. The van der Waals surface area contributed by atoms with E-state index in [0.29, 0.717) is 37.6 Å². The summed E-state index contributed by atoms with van der Waals surface area (Å²) < 4.78 is 10.7. The number of nitrogens with zero attached hydrogens (tertiary/aromatic N) is 1. The van der Waals surface area contributed by atoms with Gasteiger partial charge in [-0.15, -0.1) is 0 Å². The molecule has 0 radical (unpaired) electrons. The summed E-state index contributed by atoms with van der Waals surface area (Å²) >= 11 is 0. The maximum absolute atomic E-state index is 12.9. The van der Waals surface area contributed by atoms with Crippen LogP contribution >= 0.6 is 0 Å². The van der Waals surface area contributed by atoms with E-state index >= 15 is 0 Å². The zero-order valence-electron chi connectivity index (χ0n) is 16.0. The number of nitrogens with one attached hydrogen (secondary N) is 1. The second-order valence-electron chi connectivity index (χ2n) is 6.46. The average Bonchev–Trinajstić information content (AvgIpc) is 2.68. The van der Waals surface area contributed by atoms with Crippen molar-refractivity contribution in [2.75, 3.05) is 26.3 Å². The van der Waals surface area contributed by atoms with Gasteiger partial charge in [0.25, 0.3) is 5.91 Å². The van der Waals surface area contributed by atoms with E-state index in [9.17, 15) is 14.4 Å². The molecule has 1 unspecified atom stereocenters. The van der Waals surface area contributed by atoms with E-state index in [-0.39, 0.29) is 18.2 Å². The molecular formula is C20H28N2O5. The normalized spacial score (nSPS) is 16.6. The Morgan fingerprint density at radius 1 is 1.15 bits per heavy atom. The van der Waals surface area contributed by atoms with Gasteiger partial charge < -0.3 is 19.7 Å². The molecule has 27 heavy (non-hydrogen) atoms. The maximum Gasteiger partial charge on any atom is 0.308 e. The third-order valence-corrected chi connectivity index (χ3v) is 4.29. The van der Waals surface area contributed by atoms with Crippen molar-refractivity contribution in [3.63, 3.8) is 0 Å². The van der Waals surface area contributed by atoms with Gasteiger partial charge in [-0.3, -0.25) is 14.4 Å². The van der Waals surface area contributed by atoms with Crippen LogP contribution in [0.5, 0.6) is 5.75 Å². The summed E-state index contributed by atoms with van der Waals surface area (Å²) in [5, 5.41) is 2.71. The van der Waals surface area contributed by atoms with Gasteiger partial charge in [0, 0.05) is 18.7 Å². The molecule has 1 N–H and O–H groups in total. The van der Waals surface area contributed by atoms with Crippen molar-refractivity contribution >= 4 is 17.8 Å². The predicted molar refractivity (Wildman–Crippen MR) is 101 cm³/mol. The maximum atomic E-state index is 12.9. The summed E-state index contributed by atoms with van der Waals surface area (Å²) in [7, 11) is 0. The molecule has 1 fully saturated rings. The smallest absolute Gasteiger partial charge is 0.308 e. The average molecular weight is 376 g/mol. The lowest BCUT2D eigenvalue weighted by Gasteiger charge is -2.34. The van der Waals surface area contributed by atoms with Crippen LogP contribution in [0, 0.1) is 0 Å². The second-order valence-corrected chi connectivity index (χ2v) is 6.46. The molecule has 1 saturated heterocycles. The van der Waals surface area contributed by atoms with Crippen LogP contribution in [-0.4, -0.2) is 55.0 Å². The van der Waals surface area contributed by atoms with Crippen molar-refractivity contribution in [3.8, 4) is 5.75 Å². The van der Waals surface area contributed by atoms with Crippen LogP contribution in [0.15, 0.2) is 24.3 Å². The highest BCUT2D eigenvalue weighted by molar-refractivity contribution is 5.99. The number of rotatable bonds is 9. The Morgan fingerprint density at radius 3 is 2.56 bits per heavy atom. The molecular weight excluding hydrogens is 348 g/mol. The molecule has 0 aliphatic carbocycles. The molecule has 7 heteroatoms. The summed E-state index contributed by atoms with van der Waals surface area (Å²) in [4.78, 5) is 38.6. The minimum Gasteiger partial charge on any atom is -0.494 e. The Kier molecular flexibility index (Phi) is 8.10. The van der Waals surface area contributed by atoms with Crippen LogP contribution in [-0.2, 0) is 14.3 Å². The highest BCUT2D eigenvalue weighted by Crippen LogP contribution is 2.18. The molecule has 148 valence electrons. The monoisotopic (exact) mass is 376 g/mol. The summed E-state index contributed by atoms with van der Waals surface area (Å²) in [6, 6.07) is 5.98. The van der Waals surface area contributed by atoms with Crippen LogP contribution in [0.1, 0.15) is 49.9 Å². The van der Waals surface area contributed by atoms with Gasteiger partial charge in [-0.05, 0) is 37.1 Å². The number of carbonyl (C=O) groups excluding carboxylic acids is 3. The molecule has 0 saturated carbocycles. The number of ether oxygens (including phenoxy) is 2. The Balaban J connectivity index is 2.04. The van der Waals surface area contributed by atoms with Gasteiger partial charge >= 0.3 is 5.97 Å². The zero-order valence-corrected chi connectivity index (χ0v) is 16.0. The number of esters is 1. The fraction of sp³-hybridized carbons (Fsp3) is 0.550. The third kappa shape index (κ3) is 5.98. The van der Waals surface area contributed by atoms with Crippen molar-refractivity contribution in [1.82, 2.24) is 10.2 Å². The van der Waals surface area contributed by atoms with Crippen molar-refractivity contribution in [2.45, 2.75) is 45.6 Å². The number of unbranched alkanes of at least 4 members (excludes halogenated alkanes) is 1. The highest BCUT2D eigenvalue weighted by atomic mass is 16.5. The van der Waals surface area contributed by atoms with Crippen LogP contribution < -0.4 is 10.1 Å². The van der Waals surface area contributed by atoms with Gasteiger partial charge in [-0.2, -0.15) is 0 Å².